The number of ether oxygens (including phenoxy) is 20. The molecule has 0 aromatic carbocycles. The van der Waals surface area contributed by atoms with Gasteiger partial charge in [-0.1, -0.05) is 182 Å². The summed E-state index contributed by atoms with van der Waals surface area (Å²) in [6.07, 6.45) is 16.4. The predicted octanol–water partition coefficient (Wildman–Crippen LogP) is 13.4. The maximum absolute atomic E-state index is 11.5. The molecule has 0 rings (SSSR count). The third-order valence-electron chi connectivity index (χ3n) is 15.9. The quantitative estimate of drug-likeness (QED) is 0.0236. The van der Waals surface area contributed by atoms with Crippen molar-refractivity contribution in [1.29, 1.82) is 0 Å². The van der Waals surface area contributed by atoms with E-state index in [1.807, 2.05) is 48.5 Å². The number of carbonyl (C=O) groups is 12. The minimum atomic E-state index is -0.529. The first-order valence-electron chi connectivity index (χ1n) is 40.5. The van der Waals surface area contributed by atoms with Crippen LogP contribution in [0.5, 0.6) is 0 Å². The van der Waals surface area contributed by atoms with Gasteiger partial charge in [-0.25, -0.2) is 38.4 Å². The minimum Gasteiger partial charge on any atom is -0.469 e. The average Bonchev–Trinajstić information content (AvgIpc) is 0.850. The molecule has 714 valence electrons. The number of hydrogen-bond donors (Lipinski definition) is 0. The molecule has 0 heterocycles. The first-order chi connectivity index (χ1) is 57.7. The van der Waals surface area contributed by atoms with Gasteiger partial charge < -0.3 is 94.7 Å². The molecule has 123 heavy (non-hydrogen) atoms. The second-order valence-corrected chi connectivity index (χ2v) is 31.6. The number of rotatable bonds is 60. The second-order valence-electron chi connectivity index (χ2n) is 31.6. The van der Waals surface area contributed by atoms with E-state index in [-0.39, 0.29) is 116 Å². The molecule has 0 aliphatic rings. The van der Waals surface area contributed by atoms with Crippen LogP contribution in [0.2, 0.25) is 0 Å². The number of hydrogen-bond acceptors (Lipinski definition) is 32. The Morgan fingerprint density at radius 2 is 0.585 bits per heavy atom. The predicted molar refractivity (Wildman–Crippen MR) is 469 cm³/mol. The van der Waals surface area contributed by atoms with Gasteiger partial charge in [-0.05, 0) is 31.1 Å². The average molecular weight is 1760 g/mol. The molecular weight excluding hydrogens is 1600 g/mol. The lowest BCUT2D eigenvalue weighted by Gasteiger charge is -2.31. The minimum absolute atomic E-state index is 0.0127. The summed E-state index contributed by atoms with van der Waals surface area (Å²) in [6.45, 7) is 64.0. The smallest absolute Gasteiger partial charge is 0.330 e. The SMILES string of the molecule is C=CC(=O)OCC(C)(C)COC.C=CC(=O)OCC(C)(C)COC.C=CC(=O)OCC(C)(C)COC(=O)CCC(=O)OC.C=CC(=O)OCC(C)(C)COC(=O)CCC(=O)OCCOC.C=CC(=O)OCC(C)(C)COCCOC.C=CC(=O)OCC(C)COC.C=CC(=O)OCC(CC)(CCCC)COC.C=CC(=O)OCC(CC)CC(CC)COC. The Hall–Kier alpha value is -8.76. The Morgan fingerprint density at radius 1 is 0.293 bits per heavy atom. The summed E-state index contributed by atoms with van der Waals surface area (Å²) in [4.78, 5) is 132. The van der Waals surface area contributed by atoms with Crippen LogP contribution in [0.3, 0.4) is 0 Å². The highest BCUT2D eigenvalue weighted by Gasteiger charge is 2.30. The van der Waals surface area contributed by atoms with Gasteiger partial charge in [-0.2, -0.15) is 0 Å². The van der Waals surface area contributed by atoms with Gasteiger partial charge in [0.1, 0.15) is 6.61 Å². The zero-order valence-corrected chi connectivity index (χ0v) is 79.0. The van der Waals surface area contributed by atoms with Gasteiger partial charge in [0, 0.05) is 143 Å². The fourth-order valence-corrected chi connectivity index (χ4v) is 8.62. The molecule has 32 heteroatoms. The molecule has 0 N–H and O–H groups in total. The number of unbranched alkanes of at least 4 members (excludes halogenated alkanes) is 1. The van der Waals surface area contributed by atoms with E-state index in [0.29, 0.717) is 104 Å². The highest BCUT2D eigenvalue weighted by atomic mass is 16.6. The van der Waals surface area contributed by atoms with E-state index in [1.54, 1.807) is 70.4 Å². The van der Waals surface area contributed by atoms with E-state index >= 15 is 0 Å². The summed E-state index contributed by atoms with van der Waals surface area (Å²) in [5.74, 6) is -4.03. The summed E-state index contributed by atoms with van der Waals surface area (Å²) < 4.78 is 98.9. The zero-order chi connectivity index (χ0) is 96.4. The van der Waals surface area contributed by atoms with Crippen LogP contribution in [-0.4, -0.2) is 261 Å². The number of esters is 12. The van der Waals surface area contributed by atoms with Crippen LogP contribution in [-0.2, 0) is 152 Å². The van der Waals surface area contributed by atoms with Crippen LogP contribution in [0.1, 0.15) is 174 Å². The molecule has 0 amide bonds. The van der Waals surface area contributed by atoms with Crippen molar-refractivity contribution in [3.8, 4) is 0 Å². The van der Waals surface area contributed by atoms with Crippen LogP contribution in [0, 0.1) is 50.2 Å². The van der Waals surface area contributed by atoms with Crippen LogP contribution in [0.4, 0.5) is 0 Å². The van der Waals surface area contributed by atoms with Crippen molar-refractivity contribution in [2.45, 2.75) is 174 Å². The fourth-order valence-electron chi connectivity index (χ4n) is 8.62. The molecule has 0 spiro atoms. The summed E-state index contributed by atoms with van der Waals surface area (Å²) in [6, 6.07) is 0. The Bertz CT molecular complexity index is 2890. The monoisotopic (exact) mass is 1760 g/mol. The van der Waals surface area contributed by atoms with Crippen molar-refractivity contribution in [2.75, 3.05) is 189 Å². The first kappa shape index (κ1) is 130. The molecule has 32 nitrogen and oxygen atoms in total. The van der Waals surface area contributed by atoms with Crippen molar-refractivity contribution in [3.63, 3.8) is 0 Å². The van der Waals surface area contributed by atoms with Gasteiger partial charge in [-0.3, -0.25) is 19.2 Å². The Balaban J connectivity index is -0.000000207. The van der Waals surface area contributed by atoms with Crippen molar-refractivity contribution in [1.82, 2.24) is 0 Å². The van der Waals surface area contributed by atoms with Crippen LogP contribution in [0.15, 0.2) is 101 Å². The third-order valence-corrected chi connectivity index (χ3v) is 15.9. The Kier molecular flexibility index (Phi) is 87.4. The third kappa shape index (κ3) is 92.3. The summed E-state index contributed by atoms with van der Waals surface area (Å²) >= 11 is 0. The molecule has 0 aromatic heterocycles. The molecule has 0 fully saturated rings. The van der Waals surface area contributed by atoms with Crippen molar-refractivity contribution in [2.24, 2.45) is 50.2 Å². The number of carbonyl (C=O) groups excluding carboxylic acids is 12. The molecule has 4 atom stereocenters. The molecule has 0 aliphatic carbocycles. The van der Waals surface area contributed by atoms with E-state index < -0.39 is 52.6 Å². The largest absolute Gasteiger partial charge is 0.469 e. The lowest BCUT2D eigenvalue weighted by atomic mass is 9.82. The highest BCUT2D eigenvalue weighted by Crippen LogP contribution is 2.30. The standard InChI is InChI=1S/C15H24O7.C13H20O6.2C13H24O3.C11H20O4.2C9H16O3.C8H14O3/c1-5-12(16)21-10-15(2,3)11-22-14(18)7-6-13(17)20-9-8-19-4;1-5-10(14)18-8-13(2,3)9-19-12(16)7-6-11(15)17-4;1-5-11(9-15-4)8-12(6-2)10-16-13(14)7-3;1-5-8-9-13(7-3,10-15-4)11-16-12(14)6-2;1-5-10(12)15-9-11(2,3)8-14-7-6-13-4;2*1-5-8(10)12-7-9(2,3)6-11-4;1-4-8(9)11-6-7(2)5-10-3/h5H,1,6-11H2,2-4H3;5H,1,6-9H2,2-4H3;7,11-12H,3,5-6,8-10H2,1-2,4H3;6H,2,5,7-11H2,1,3-4H3;5H,1,6-9H2,2-4H3;2*5H,1,6-7H2,2-4H3;4,7H,1,5-6H2,2-3H3. The highest BCUT2D eigenvalue weighted by molar-refractivity contribution is 5.84. The first-order valence-corrected chi connectivity index (χ1v) is 40.5. The van der Waals surface area contributed by atoms with E-state index in [2.05, 4.69) is 85.1 Å². The van der Waals surface area contributed by atoms with Gasteiger partial charge >= 0.3 is 71.6 Å². The van der Waals surface area contributed by atoms with E-state index in [0.717, 1.165) is 88.0 Å². The molecular formula is C91H158O32. The van der Waals surface area contributed by atoms with Crippen LogP contribution >= 0.6 is 0 Å². The molecule has 4 unspecified atom stereocenters. The Labute approximate surface area is 735 Å². The summed E-state index contributed by atoms with van der Waals surface area (Å²) in [5.41, 5.74) is -1.51. The molecule has 0 aromatic rings. The Morgan fingerprint density at radius 3 is 0.894 bits per heavy atom. The van der Waals surface area contributed by atoms with Gasteiger partial charge in [0.15, 0.2) is 0 Å². The maximum Gasteiger partial charge on any atom is 0.330 e. The van der Waals surface area contributed by atoms with Gasteiger partial charge in [0.2, 0.25) is 0 Å². The van der Waals surface area contributed by atoms with Gasteiger partial charge in [0.25, 0.3) is 0 Å². The molecule has 0 saturated carbocycles. The summed E-state index contributed by atoms with van der Waals surface area (Å²) in [5, 5.41) is 0. The van der Waals surface area contributed by atoms with E-state index in [1.165, 1.54) is 26.4 Å². The zero-order valence-electron chi connectivity index (χ0n) is 79.0. The van der Waals surface area contributed by atoms with Crippen molar-refractivity contribution < 1.29 is 152 Å². The lowest BCUT2D eigenvalue weighted by molar-refractivity contribution is -0.154. The van der Waals surface area contributed by atoms with Gasteiger partial charge in [0.05, 0.1) is 152 Å². The van der Waals surface area contributed by atoms with E-state index in [4.69, 9.17) is 90.0 Å². The molecule has 0 radical (unpaired) electrons. The van der Waals surface area contributed by atoms with Crippen molar-refractivity contribution >= 4 is 71.6 Å². The topological polar surface area (TPSA) is 389 Å². The maximum atomic E-state index is 11.5. The molecule has 0 aliphatic heterocycles. The van der Waals surface area contributed by atoms with Gasteiger partial charge in [-0.15, -0.1) is 0 Å². The normalized spacial score (nSPS) is 11.8. The van der Waals surface area contributed by atoms with Crippen LogP contribution in [0.25, 0.3) is 0 Å². The number of methoxy groups -OCH3 is 8. The summed E-state index contributed by atoms with van der Waals surface area (Å²) in [7, 11) is 12.7. The lowest BCUT2D eigenvalue weighted by Crippen LogP contribution is -2.32. The molecule has 0 saturated heterocycles. The molecule has 0 bridgehead atoms. The van der Waals surface area contributed by atoms with Crippen LogP contribution < -0.4 is 0 Å². The fraction of sp³-hybridized carbons (Fsp3) is 0.692. The van der Waals surface area contributed by atoms with E-state index in [9.17, 15) is 57.5 Å². The second kappa shape index (κ2) is 82.8. The van der Waals surface area contributed by atoms with Crippen molar-refractivity contribution in [3.05, 3.63) is 101 Å².